The lowest BCUT2D eigenvalue weighted by atomic mass is 10.1. The summed E-state index contributed by atoms with van der Waals surface area (Å²) in [5.74, 6) is 1.68. The summed E-state index contributed by atoms with van der Waals surface area (Å²) in [6, 6.07) is 11.8. The highest BCUT2D eigenvalue weighted by atomic mass is 32.1. The van der Waals surface area contributed by atoms with Gasteiger partial charge in [0.05, 0.1) is 26.2 Å². The van der Waals surface area contributed by atoms with E-state index in [1.165, 1.54) is 11.3 Å². The third kappa shape index (κ3) is 3.45. The van der Waals surface area contributed by atoms with Crippen LogP contribution in [-0.4, -0.2) is 39.2 Å². The van der Waals surface area contributed by atoms with E-state index < -0.39 is 0 Å². The molecule has 0 atom stereocenters. The highest BCUT2D eigenvalue weighted by Crippen LogP contribution is 2.40. The molecule has 1 amide bonds. The topological polar surface area (TPSA) is 48.0 Å². The van der Waals surface area contributed by atoms with E-state index in [-0.39, 0.29) is 5.91 Å². The van der Waals surface area contributed by atoms with Crippen molar-refractivity contribution < 1.29 is 19.0 Å². The van der Waals surface area contributed by atoms with Crippen molar-refractivity contribution in [1.29, 1.82) is 0 Å². The van der Waals surface area contributed by atoms with Gasteiger partial charge in [-0.2, -0.15) is 0 Å². The lowest BCUT2D eigenvalue weighted by Crippen LogP contribution is -2.26. The van der Waals surface area contributed by atoms with Crippen LogP contribution in [0.2, 0.25) is 0 Å². The second-order valence-electron chi connectivity index (χ2n) is 6.21. The number of amides is 1. The Morgan fingerprint density at radius 1 is 1.00 bits per heavy atom. The normalized spacial score (nSPS) is 10.7. The molecule has 0 unspecified atom stereocenters. The Kier molecular flexibility index (Phi) is 5.56. The van der Waals surface area contributed by atoms with Crippen molar-refractivity contribution in [2.75, 3.05) is 28.4 Å². The Morgan fingerprint density at radius 2 is 1.70 bits per heavy atom. The van der Waals surface area contributed by atoms with Gasteiger partial charge >= 0.3 is 0 Å². The zero-order valence-electron chi connectivity index (χ0n) is 16.2. The van der Waals surface area contributed by atoms with Crippen LogP contribution in [0.25, 0.3) is 10.1 Å². The van der Waals surface area contributed by atoms with Crippen LogP contribution < -0.4 is 14.2 Å². The van der Waals surface area contributed by atoms with Crippen molar-refractivity contribution in [1.82, 2.24) is 4.90 Å². The van der Waals surface area contributed by atoms with Crippen molar-refractivity contribution in [3.05, 3.63) is 52.4 Å². The molecule has 0 radical (unpaired) electrons. The Morgan fingerprint density at radius 3 is 2.33 bits per heavy atom. The van der Waals surface area contributed by atoms with Gasteiger partial charge in [0, 0.05) is 23.9 Å². The molecule has 0 saturated carbocycles. The van der Waals surface area contributed by atoms with Crippen molar-refractivity contribution in [3.8, 4) is 17.2 Å². The molecule has 0 spiro atoms. The number of carbonyl (C=O) groups is 1. The number of fused-ring (bicyclic) bond motifs is 1. The van der Waals surface area contributed by atoms with Gasteiger partial charge in [-0.1, -0.05) is 18.2 Å². The van der Waals surface area contributed by atoms with Crippen LogP contribution in [0.15, 0.2) is 36.4 Å². The minimum atomic E-state index is -0.00876. The maximum absolute atomic E-state index is 13.1. The molecule has 0 N–H and O–H groups in total. The first-order chi connectivity index (χ1) is 13.0. The maximum atomic E-state index is 13.1. The quantitative estimate of drug-likeness (QED) is 0.626. The number of benzene rings is 2. The minimum absolute atomic E-state index is 0.00876. The molecule has 1 aromatic heterocycles. The summed E-state index contributed by atoms with van der Waals surface area (Å²) in [5.41, 5.74) is 1.87. The van der Waals surface area contributed by atoms with Crippen LogP contribution in [0.4, 0.5) is 0 Å². The summed E-state index contributed by atoms with van der Waals surface area (Å²) >= 11 is 1.53. The molecule has 0 aliphatic heterocycles. The van der Waals surface area contributed by atoms with E-state index >= 15 is 0 Å². The fraction of sp³-hybridized carbons (Fsp3) is 0.286. The molecule has 2 aromatic carbocycles. The van der Waals surface area contributed by atoms with Gasteiger partial charge < -0.3 is 19.1 Å². The largest absolute Gasteiger partial charge is 0.493 e. The number of nitrogens with zero attached hydrogens (tertiary/aromatic N) is 1. The molecule has 6 heteroatoms. The third-order valence-electron chi connectivity index (χ3n) is 4.58. The number of carbonyl (C=O) groups excluding carboxylic acids is 1. The van der Waals surface area contributed by atoms with E-state index in [1.54, 1.807) is 33.3 Å². The molecule has 3 rings (SSSR count). The summed E-state index contributed by atoms with van der Waals surface area (Å²) in [6.45, 7) is 2.40. The van der Waals surface area contributed by atoms with Crippen LogP contribution in [0.1, 0.15) is 20.8 Å². The molecule has 0 aliphatic rings. The lowest BCUT2D eigenvalue weighted by Gasteiger charge is -2.21. The van der Waals surface area contributed by atoms with Crippen LogP contribution in [-0.2, 0) is 6.54 Å². The summed E-state index contributed by atoms with van der Waals surface area (Å²) in [7, 11) is 6.53. The van der Waals surface area contributed by atoms with Crippen molar-refractivity contribution in [2.24, 2.45) is 0 Å². The number of hydrogen-bond acceptors (Lipinski definition) is 5. The zero-order valence-corrected chi connectivity index (χ0v) is 17.0. The van der Waals surface area contributed by atoms with Crippen molar-refractivity contribution in [3.63, 3.8) is 0 Å². The highest BCUT2D eigenvalue weighted by Gasteiger charge is 2.22. The molecule has 142 valence electrons. The zero-order chi connectivity index (χ0) is 19.6. The van der Waals surface area contributed by atoms with Crippen LogP contribution in [0, 0.1) is 6.92 Å². The molecule has 0 saturated heterocycles. The molecule has 3 aromatic rings. The van der Waals surface area contributed by atoms with E-state index in [1.807, 2.05) is 37.3 Å². The monoisotopic (exact) mass is 385 g/mol. The molecule has 5 nitrogen and oxygen atoms in total. The molecule has 0 bridgehead atoms. The van der Waals surface area contributed by atoms with E-state index in [0.717, 1.165) is 26.1 Å². The second-order valence-corrected chi connectivity index (χ2v) is 7.26. The van der Waals surface area contributed by atoms with E-state index in [9.17, 15) is 4.79 Å². The summed E-state index contributed by atoms with van der Waals surface area (Å²) < 4.78 is 17.4. The van der Waals surface area contributed by atoms with Gasteiger partial charge in [0.2, 0.25) is 5.75 Å². The molecule has 0 fully saturated rings. The predicted molar refractivity (Wildman–Crippen MR) is 108 cm³/mol. The summed E-state index contributed by atoms with van der Waals surface area (Å²) in [5, 5.41) is 1.13. The molecule has 27 heavy (non-hydrogen) atoms. The SMILES string of the molecule is COc1ccc(CN(C)C(=O)c2sc3ccccc3c2C)c(OC)c1OC. The number of methoxy groups -OCH3 is 3. The van der Waals surface area contributed by atoms with Gasteiger partial charge in [0.15, 0.2) is 11.5 Å². The lowest BCUT2D eigenvalue weighted by molar-refractivity contribution is 0.0788. The van der Waals surface area contributed by atoms with Gasteiger partial charge in [0.1, 0.15) is 0 Å². The fourth-order valence-corrected chi connectivity index (χ4v) is 4.37. The summed E-state index contributed by atoms with van der Waals surface area (Å²) in [4.78, 5) is 15.5. The first-order valence-electron chi connectivity index (χ1n) is 8.53. The van der Waals surface area contributed by atoms with E-state index in [2.05, 4.69) is 6.07 Å². The third-order valence-corrected chi connectivity index (χ3v) is 5.84. The van der Waals surface area contributed by atoms with Gasteiger partial charge in [0.25, 0.3) is 5.91 Å². The standard InChI is InChI=1S/C21H23NO4S/c1-13-15-8-6-7-9-17(15)27-20(13)21(23)22(2)12-14-10-11-16(24-3)19(26-5)18(14)25-4/h6-11H,12H2,1-5H3. The van der Waals surface area contributed by atoms with Gasteiger partial charge in [-0.15, -0.1) is 11.3 Å². The Balaban J connectivity index is 1.91. The first-order valence-corrected chi connectivity index (χ1v) is 9.34. The fourth-order valence-electron chi connectivity index (χ4n) is 3.17. The van der Waals surface area contributed by atoms with Crippen molar-refractivity contribution >= 4 is 27.3 Å². The van der Waals surface area contributed by atoms with Gasteiger partial charge in [-0.25, -0.2) is 0 Å². The van der Waals surface area contributed by atoms with E-state index in [4.69, 9.17) is 14.2 Å². The van der Waals surface area contributed by atoms with Crippen molar-refractivity contribution in [2.45, 2.75) is 13.5 Å². The van der Waals surface area contributed by atoms with Crippen LogP contribution in [0.3, 0.4) is 0 Å². The van der Waals surface area contributed by atoms with Gasteiger partial charge in [-0.3, -0.25) is 4.79 Å². The average molecular weight is 385 g/mol. The van der Waals surface area contributed by atoms with Crippen LogP contribution >= 0.6 is 11.3 Å². The van der Waals surface area contributed by atoms with Crippen LogP contribution in [0.5, 0.6) is 17.2 Å². The summed E-state index contributed by atoms with van der Waals surface area (Å²) in [6.07, 6.45) is 0. The first kappa shape index (κ1) is 19.0. The minimum Gasteiger partial charge on any atom is -0.493 e. The Hall–Kier alpha value is -2.73. The molecule has 0 aliphatic carbocycles. The Bertz CT molecular complexity index is 980. The average Bonchev–Trinajstić information content (AvgIpc) is 3.03. The predicted octanol–water partition coefficient (Wildman–Crippen LogP) is 4.51. The molecular formula is C21H23NO4S. The smallest absolute Gasteiger partial charge is 0.264 e. The highest BCUT2D eigenvalue weighted by molar-refractivity contribution is 7.21. The number of aryl methyl sites for hydroxylation is 1. The maximum Gasteiger partial charge on any atom is 0.264 e. The second kappa shape index (κ2) is 7.88. The number of hydrogen-bond donors (Lipinski definition) is 0. The number of thiophene rings is 1. The number of rotatable bonds is 6. The Labute approximate surface area is 163 Å². The number of ether oxygens (including phenoxy) is 3. The molecular weight excluding hydrogens is 362 g/mol. The molecule has 1 heterocycles. The van der Waals surface area contributed by atoms with Gasteiger partial charge in [-0.05, 0) is 36.1 Å². The van der Waals surface area contributed by atoms with E-state index in [0.29, 0.717) is 23.8 Å².